The van der Waals surface area contributed by atoms with E-state index >= 15 is 0 Å². The summed E-state index contributed by atoms with van der Waals surface area (Å²) in [5, 5.41) is 6.10. The fraction of sp³-hybridized carbons (Fsp3) is 0.160. The topological polar surface area (TPSA) is 105 Å². The average Bonchev–Trinajstić information content (AvgIpc) is 2.91. The molecule has 1 fully saturated rings. The number of nitrogens with zero attached hydrogens (tertiary/aromatic N) is 5. The third-order valence-electron chi connectivity index (χ3n) is 5.42. The quantitative estimate of drug-likeness (QED) is 0.455. The number of anilines is 4. The largest absolute Gasteiger partial charge is 0.378 e. The summed E-state index contributed by atoms with van der Waals surface area (Å²) < 4.78 is 5.42. The fourth-order valence-corrected chi connectivity index (χ4v) is 3.63. The van der Waals surface area contributed by atoms with Crippen molar-refractivity contribution in [1.82, 2.24) is 19.9 Å². The summed E-state index contributed by atoms with van der Waals surface area (Å²) in [4.78, 5) is 31.3. The summed E-state index contributed by atoms with van der Waals surface area (Å²) in [6.07, 6.45) is 6.05. The molecule has 0 bridgehead atoms. The van der Waals surface area contributed by atoms with Gasteiger partial charge in [-0.2, -0.15) is 0 Å². The van der Waals surface area contributed by atoms with Crippen molar-refractivity contribution in [3.63, 3.8) is 0 Å². The molecule has 0 aliphatic carbocycles. The van der Waals surface area contributed by atoms with Crippen molar-refractivity contribution in [2.45, 2.75) is 0 Å². The number of hydrogen-bond donors (Lipinski definition) is 2. The Labute approximate surface area is 196 Å². The lowest BCUT2D eigenvalue weighted by molar-refractivity contribution is 0.102. The highest BCUT2D eigenvalue weighted by molar-refractivity contribution is 6.03. The van der Waals surface area contributed by atoms with Crippen LogP contribution in [-0.2, 0) is 4.74 Å². The Morgan fingerprint density at radius 3 is 2.32 bits per heavy atom. The van der Waals surface area contributed by atoms with Gasteiger partial charge in [0.05, 0.1) is 24.5 Å². The zero-order chi connectivity index (χ0) is 23.2. The fourth-order valence-electron chi connectivity index (χ4n) is 3.63. The number of ether oxygens (including phenoxy) is 1. The van der Waals surface area contributed by atoms with Crippen molar-refractivity contribution in [2.75, 3.05) is 41.8 Å². The predicted octanol–water partition coefficient (Wildman–Crippen LogP) is 3.77. The molecule has 1 aliphatic heterocycles. The number of aromatic nitrogens is 4. The first-order valence-electron chi connectivity index (χ1n) is 10.9. The van der Waals surface area contributed by atoms with Gasteiger partial charge in [-0.15, -0.1) is 0 Å². The Balaban J connectivity index is 1.24. The Morgan fingerprint density at radius 1 is 0.882 bits per heavy atom. The van der Waals surface area contributed by atoms with Gasteiger partial charge in [0.25, 0.3) is 5.91 Å². The van der Waals surface area contributed by atoms with E-state index in [4.69, 9.17) is 4.74 Å². The van der Waals surface area contributed by atoms with E-state index < -0.39 is 0 Å². The minimum absolute atomic E-state index is 0.262. The van der Waals surface area contributed by atoms with Crippen molar-refractivity contribution in [3.8, 4) is 11.3 Å². The van der Waals surface area contributed by atoms with E-state index in [9.17, 15) is 4.79 Å². The molecule has 0 atom stereocenters. The van der Waals surface area contributed by atoms with Gasteiger partial charge in [-0.3, -0.25) is 4.79 Å². The number of hydrogen-bond acceptors (Lipinski definition) is 8. The zero-order valence-corrected chi connectivity index (χ0v) is 18.4. The van der Waals surface area contributed by atoms with Gasteiger partial charge >= 0.3 is 0 Å². The highest BCUT2D eigenvalue weighted by atomic mass is 16.5. The summed E-state index contributed by atoms with van der Waals surface area (Å²) >= 11 is 0. The first-order chi connectivity index (χ1) is 16.7. The molecule has 3 heterocycles. The molecule has 9 heteroatoms. The summed E-state index contributed by atoms with van der Waals surface area (Å²) in [5.74, 6) is 0.250. The number of amides is 1. The van der Waals surface area contributed by atoms with Gasteiger partial charge in [-0.1, -0.05) is 12.1 Å². The van der Waals surface area contributed by atoms with Crippen LogP contribution in [0.5, 0.6) is 0 Å². The van der Waals surface area contributed by atoms with E-state index in [-0.39, 0.29) is 5.91 Å². The lowest BCUT2D eigenvalue weighted by Gasteiger charge is -2.28. The molecule has 1 aliphatic rings. The van der Waals surface area contributed by atoms with E-state index in [1.807, 2.05) is 42.5 Å². The minimum atomic E-state index is -0.262. The number of morpholine rings is 1. The van der Waals surface area contributed by atoms with Crippen molar-refractivity contribution in [3.05, 3.63) is 85.1 Å². The van der Waals surface area contributed by atoms with Crippen molar-refractivity contribution < 1.29 is 9.53 Å². The van der Waals surface area contributed by atoms with Gasteiger partial charge in [-0.05, 0) is 42.5 Å². The third-order valence-corrected chi connectivity index (χ3v) is 5.42. The molecule has 34 heavy (non-hydrogen) atoms. The Hall–Kier alpha value is -4.37. The maximum atomic E-state index is 12.3. The van der Waals surface area contributed by atoms with E-state index in [0.717, 1.165) is 43.2 Å². The normalized spacial score (nSPS) is 13.4. The second-order valence-corrected chi connectivity index (χ2v) is 7.70. The van der Waals surface area contributed by atoms with Gasteiger partial charge in [-0.25, -0.2) is 19.9 Å². The second kappa shape index (κ2) is 10.1. The summed E-state index contributed by atoms with van der Waals surface area (Å²) in [7, 11) is 0. The van der Waals surface area contributed by atoms with Gasteiger partial charge in [0.2, 0.25) is 5.95 Å². The molecule has 5 rings (SSSR count). The molecule has 2 aromatic carbocycles. The molecule has 0 spiro atoms. The lowest BCUT2D eigenvalue weighted by atomic mass is 10.1. The molecule has 4 aromatic rings. The number of rotatable bonds is 6. The molecule has 0 saturated carbocycles. The summed E-state index contributed by atoms with van der Waals surface area (Å²) in [6, 6.07) is 17.5. The summed E-state index contributed by atoms with van der Waals surface area (Å²) in [6.45, 7) is 3.33. The van der Waals surface area contributed by atoms with Crippen molar-refractivity contribution in [1.29, 1.82) is 0 Å². The highest BCUT2D eigenvalue weighted by Gasteiger charge is 2.11. The van der Waals surface area contributed by atoms with E-state index in [1.165, 1.54) is 24.4 Å². The van der Waals surface area contributed by atoms with Crippen molar-refractivity contribution in [2.24, 2.45) is 0 Å². The SMILES string of the molecule is O=C(Nc1ccc(-c2ccnc(Nc3ccc(N4CCOCC4)cc3)n2)cc1)c1cncnc1. The Morgan fingerprint density at radius 2 is 1.59 bits per heavy atom. The molecule has 170 valence electrons. The number of carbonyl (C=O) groups excluding carboxylic acids is 1. The van der Waals surface area contributed by atoms with Crippen LogP contribution in [0.3, 0.4) is 0 Å². The second-order valence-electron chi connectivity index (χ2n) is 7.70. The molecule has 2 aromatic heterocycles. The smallest absolute Gasteiger partial charge is 0.258 e. The predicted molar refractivity (Wildman–Crippen MR) is 130 cm³/mol. The molecule has 1 amide bonds. The van der Waals surface area contributed by atoms with Crippen LogP contribution in [-0.4, -0.2) is 52.1 Å². The Bertz CT molecular complexity index is 1240. The summed E-state index contributed by atoms with van der Waals surface area (Å²) in [5.41, 5.74) is 4.85. The van der Waals surface area contributed by atoms with Gasteiger partial charge in [0.1, 0.15) is 6.33 Å². The molecular weight excluding hydrogens is 430 g/mol. The molecular formula is C25H23N7O2. The molecule has 2 N–H and O–H groups in total. The monoisotopic (exact) mass is 453 g/mol. The molecule has 0 radical (unpaired) electrons. The first-order valence-corrected chi connectivity index (χ1v) is 10.9. The van der Waals surface area contributed by atoms with Crippen LogP contribution in [0, 0.1) is 0 Å². The van der Waals surface area contributed by atoms with Gasteiger partial charge < -0.3 is 20.3 Å². The van der Waals surface area contributed by atoms with Crippen LogP contribution in [0.2, 0.25) is 0 Å². The van der Waals surface area contributed by atoms with E-state index in [1.54, 1.807) is 6.20 Å². The van der Waals surface area contributed by atoms with Crippen LogP contribution < -0.4 is 15.5 Å². The van der Waals surface area contributed by atoms with E-state index in [0.29, 0.717) is 17.2 Å². The maximum Gasteiger partial charge on any atom is 0.258 e. The standard InChI is InChI=1S/C25H23N7O2/c33-24(19-15-26-17-27-16-19)29-20-3-1-18(2-4-20)23-9-10-28-25(31-23)30-21-5-7-22(8-6-21)32-11-13-34-14-12-32/h1-10,15-17H,11-14H2,(H,29,33)(H,28,30,31). The molecule has 0 unspecified atom stereocenters. The van der Waals surface area contributed by atoms with Crippen LogP contribution >= 0.6 is 0 Å². The van der Waals surface area contributed by atoms with E-state index in [2.05, 4.69) is 47.6 Å². The molecule has 9 nitrogen and oxygen atoms in total. The minimum Gasteiger partial charge on any atom is -0.378 e. The van der Waals surface area contributed by atoms with Gasteiger partial charge in [0, 0.05) is 54.3 Å². The Kier molecular flexibility index (Phi) is 6.35. The lowest BCUT2D eigenvalue weighted by Crippen LogP contribution is -2.36. The highest BCUT2D eigenvalue weighted by Crippen LogP contribution is 2.23. The number of benzene rings is 2. The van der Waals surface area contributed by atoms with Crippen LogP contribution in [0.4, 0.5) is 23.0 Å². The average molecular weight is 454 g/mol. The van der Waals surface area contributed by atoms with Crippen LogP contribution in [0.1, 0.15) is 10.4 Å². The van der Waals surface area contributed by atoms with Crippen LogP contribution in [0.15, 0.2) is 79.5 Å². The first kappa shape index (κ1) is 21.5. The van der Waals surface area contributed by atoms with Crippen LogP contribution in [0.25, 0.3) is 11.3 Å². The molecule has 1 saturated heterocycles. The van der Waals surface area contributed by atoms with Gasteiger partial charge in [0.15, 0.2) is 0 Å². The number of nitrogens with one attached hydrogen (secondary N) is 2. The van der Waals surface area contributed by atoms with Crippen molar-refractivity contribution >= 4 is 28.9 Å². The third kappa shape index (κ3) is 5.16. The maximum absolute atomic E-state index is 12.3. The number of carbonyl (C=O) groups is 1. The zero-order valence-electron chi connectivity index (χ0n) is 18.4.